The molecule has 1 aliphatic carbocycles. The van der Waals surface area contributed by atoms with E-state index in [1.807, 2.05) is 41.3 Å². The zero-order valence-corrected chi connectivity index (χ0v) is 22.2. The summed E-state index contributed by atoms with van der Waals surface area (Å²) in [5.74, 6) is -2.01. The molecule has 41 heavy (non-hydrogen) atoms. The molecule has 3 aliphatic rings. The van der Waals surface area contributed by atoms with Gasteiger partial charge in [-0.15, -0.1) is 0 Å². The predicted octanol–water partition coefficient (Wildman–Crippen LogP) is 6.56. The van der Waals surface area contributed by atoms with E-state index in [-0.39, 0.29) is 28.6 Å². The Bertz CT molecular complexity index is 1790. The lowest BCUT2D eigenvalue weighted by atomic mass is 9.64. The van der Waals surface area contributed by atoms with Gasteiger partial charge >= 0.3 is 0 Å². The van der Waals surface area contributed by atoms with E-state index in [1.165, 1.54) is 24.3 Å². The topological polar surface area (TPSA) is 97.6 Å². The van der Waals surface area contributed by atoms with Crippen molar-refractivity contribution in [1.29, 1.82) is 0 Å². The van der Waals surface area contributed by atoms with Crippen molar-refractivity contribution in [3.63, 3.8) is 0 Å². The summed E-state index contributed by atoms with van der Waals surface area (Å²) in [6, 6.07) is 24.9. The van der Waals surface area contributed by atoms with Crippen LogP contribution in [-0.4, -0.2) is 34.4 Å². The van der Waals surface area contributed by atoms with Crippen molar-refractivity contribution in [1.82, 2.24) is 0 Å². The zero-order valence-electron chi connectivity index (χ0n) is 21.4. The monoisotopic (exact) mass is 560 g/mol. The molecule has 0 amide bonds. The largest absolute Gasteiger partial charge is 0.352 e. The van der Waals surface area contributed by atoms with Gasteiger partial charge in [-0.05, 0) is 35.4 Å². The number of non-ortho nitro benzene ring substituents is 1. The number of anilines is 1. The Morgan fingerprint density at radius 2 is 1.44 bits per heavy atom. The Morgan fingerprint density at radius 3 is 2.10 bits per heavy atom. The van der Waals surface area contributed by atoms with Crippen LogP contribution < -0.4 is 4.90 Å². The van der Waals surface area contributed by atoms with Crippen LogP contribution in [0.15, 0.2) is 103 Å². The highest BCUT2D eigenvalue weighted by Crippen LogP contribution is 2.61. The summed E-state index contributed by atoms with van der Waals surface area (Å²) in [4.78, 5) is 56.5. The molecular weight excluding hydrogens is 540 g/mol. The zero-order chi connectivity index (χ0) is 28.5. The molecule has 7 rings (SSSR count). The summed E-state index contributed by atoms with van der Waals surface area (Å²) in [5, 5.41) is 11.6. The molecule has 0 radical (unpaired) electrons. The number of nitro benzene ring substituents is 1. The smallest absolute Gasteiger partial charge is 0.269 e. The number of para-hydroxylation sites is 1. The van der Waals surface area contributed by atoms with Crippen molar-refractivity contribution in [3.05, 3.63) is 146 Å². The van der Waals surface area contributed by atoms with Crippen molar-refractivity contribution >= 4 is 46.4 Å². The molecule has 2 aliphatic heterocycles. The van der Waals surface area contributed by atoms with Crippen LogP contribution in [0.1, 0.15) is 48.1 Å². The number of nitrogens with zero attached hydrogens (tertiary/aromatic N) is 2. The molecule has 3 atom stereocenters. The second kappa shape index (κ2) is 9.08. The highest BCUT2D eigenvalue weighted by atomic mass is 35.5. The fraction of sp³-hybridized carbons (Fsp3) is 0.121. The van der Waals surface area contributed by atoms with E-state index in [0.29, 0.717) is 27.4 Å². The lowest BCUT2D eigenvalue weighted by Crippen LogP contribution is -2.48. The maximum absolute atomic E-state index is 14.6. The lowest BCUT2D eigenvalue weighted by Gasteiger charge is -2.37. The van der Waals surface area contributed by atoms with Crippen molar-refractivity contribution in [3.8, 4) is 0 Å². The number of nitro groups is 1. The van der Waals surface area contributed by atoms with Crippen LogP contribution in [0, 0.1) is 15.5 Å². The number of fused-ring (bicyclic) bond motifs is 5. The van der Waals surface area contributed by atoms with Crippen LogP contribution >= 0.6 is 11.6 Å². The molecule has 1 spiro atoms. The third-order valence-electron chi connectivity index (χ3n) is 8.58. The molecule has 4 aromatic rings. The van der Waals surface area contributed by atoms with E-state index in [9.17, 15) is 24.5 Å². The number of rotatable bonds is 4. The number of carbonyl (C=O) groups is 3. The number of halogens is 1. The molecule has 1 saturated heterocycles. The highest BCUT2D eigenvalue weighted by molar-refractivity contribution is 6.34. The van der Waals surface area contributed by atoms with E-state index in [0.717, 1.165) is 5.56 Å². The van der Waals surface area contributed by atoms with Crippen LogP contribution in [0.2, 0.25) is 5.02 Å². The molecule has 0 bridgehead atoms. The third-order valence-corrected chi connectivity index (χ3v) is 8.93. The fourth-order valence-electron chi connectivity index (χ4n) is 6.91. The molecular formula is C33H21ClN2O5. The Hall–Kier alpha value is -4.88. The fourth-order valence-corrected chi connectivity index (χ4v) is 7.16. The van der Waals surface area contributed by atoms with Gasteiger partial charge in [0.2, 0.25) is 0 Å². The van der Waals surface area contributed by atoms with E-state index in [2.05, 4.69) is 0 Å². The average molecular weight is 561 g/mol. The van der Waals surface area contributed by atoms with Gasteiger partial charge in [0.25, 0.3) is 5.69 Å². The first-order chi connectivity index (χ1) is 19.9. The van der Waals surface area contributed by atoms with Crippen LogP contribution in [0.4, 0.5) is 11.4 Å². The first-order valence-corrected chi connectivity index (χ1v) is 13.5. The Morgan fingerprint density at radius 1 is 0.829 bits per heavy atom. The maximum atomic E-state index is 14.6. The van der Waals surface area contributed by atoms with Gasteiger partial charge in [0.15, 0.2) is 17.3 Å². The molecule has 8 heteroatoms. The highest BCUT2D eigenvalue weighted by Gasteiger charge is 2.71. The number of carbonyl (C=O) groups excluding carboxylic acids is 3. The minimum Gasteiger partial charge on any atom is -0.352 e. The second-order valence-electron chi connectivity index (χ2n) is 10.5. The summed E-state index contributed by atoms with van der Waals surface area (Å²) in [6.07, 6.45) is 3.74. The van der Waals surface area contributed by atoms with Crippen molar-refractivity contribution in [2.45, 2.75) is 18.0 Å². The molecule has 1 fully saturated rings. The van der Waals surface area contributed by atoms with Crippen molar-refractivity contribution in [2.75, 3.05) is 4.90 Å². The van der Waals surface area contributed by atoms with Gasteiger partial charge in [-0.1, -0.05) is 84.4 Å². The Kier molecular flexibility index (Phi) is 5.56. The van der Waals surface area contributed by atoms with Crippen LogP contribution in [0.25, 0.3) is 6.08 Å². The third kappa shape index (κ3) is 3.36. The number of hydrogen-bond donors (Lipinski definition) is 0. The summed E-state index contributed by atoms with van der Waals surface area (Å²) < 4.78 is 0. The summed E-state index contributed by atoms with van der Waals surface area (Å²) in [6.45, 7) is 0. The van der Waals surface area contributed by atoms with Crippen molar-refractivity contribution < 1.29 is 19.3 Å². The van der Waals surface area contributed by atoms with Gasteiger partial charge in [-0.3, -0.25) is 24.5 Å². The van der Waals surface area contributed by atoms with Gasteiger partial charge in [-0.25, -0.2) is 0 Å². The SMILES string of the molecule is O=C(c1ccc([N+](=O)[O-])cc1)[C@@H]1[C@@H](c2ccccc2Cl)C2(C(=O)c3ccccc3C2=O)[C@H]2C=Cc3ccccc3N12. The van der Waals surface area contributed by atoms with Gasteiger partial charge in [-0.2, -0.15) is 0 Å². The van der Waals surface area contributed by atoms with Gasteiger partial charge in [0.1, 0.15) is 11.5 Å². The van der Waals surface area contributed by atoms with Crippen LogP contribution in [0.3, 0.4) is 0 Å². The van der Waals surface area contributed by atoms with Crippen LogP contribution in [0.5, 0.6) is 0 Å². The quantitative estimate of drug-likeness (QED) is 0.121. The molecule has 0 saturated carbocycles. The Balaban J connectivity index is 1.53. The minimum absolute atomic E-state index is 0.146. The van der Waals surface area contributed by atoms with E-state index >= 15 is 0 Å². The van der Waals surface area contributed by atoms with Gasteiger partial charge < -0.3 is 4.90 Å². The summed E-state index contributed by atoms with van der Waals surface area (Å²) >= 11 is 6.80. The number of Topliss-reactive ketones (excluding diaryl/α,β-unsaturated/α-hetero) is 3. The molecule has 2 heterocycles. The van der Waals surface area contributed by atoms with E-state index in [4.69, 9.17) is 11.6 Å². The molecule has 7 nitrogen and oxygen atoms in total. The molecule has 0 unspecified atom stereocenters. The van der Waals surface area contributed by atoms with Crippen LogP contribution in [-0.2, 0) is 0 Å². The van der Waals surface area contributed by atoms with Gasteiger partial charge in [0, 0.05) is 45.5 Å². The first-order valence-electron chi connectivity index (χ1n) is 13.1. The molecule has 200 valence electrons. The lowest BCUT2D eigenvalue weighted by molar-refractivity contribution is -0.384. The average Bonchev–Trinajstić information content (AvgIpc) is 3.43. The van der Waals surface area contributed by atoms with E-state index < -0.39 is 28.3 Å². The van der Waals surface area contributed by atoms with Gasteiger partial charge in [0.05, 0.1) is 11.0 Å². The summed E-state index contributed by atoms with van der Waals surface area (Å²) in [5.41, 5.74) is 1.14. The molecule has 0 N–H and O–H groups in total. The predicted molar refractivity (Wildman–Crippen MR) is 155 cm³/mol. The standard InChI is InChI=1S/C33H21ClN2O5/c34-25-11-5-4-10-24(25)28-29(30(37)20-13-16-21(17-14-20)36(40)41)35-26-12-6-1-7-19(26)15-18-27(35)33(28)31(38)22-8-2-3-9-23(22)32(33)39/h1-18,27-29H/t27-,28-,29+/m1/s1. The number of ketones is 3. The number of benzene rings is 4. The normalized spacial score (nSPS) is 21.5. The second-order valence-corrected chi connectivity index (χ2v) is 10.9. The summed E-state index contributed by atoms with van der Waals surface area (Å²) in [7, 11) is 0. The van der Waals surface area contributed by atoms with E-state index in [1.54, 1.807) is 48.5 Å². The number of hydrogen-bond acceptors (Lipinski definition) is 6. The molecule has 0 aromatic heterocycles. The Labute approximate surface area is 239 Å². The minimum atomic E-state index is -1.67. The first kappa shape index (κ1) is 25.1. The maximum Gasteiger partial charge on any atom is 0.269 e. The molecule has 4 aromatic carbocycles. The van der Waals surface area contributed by atoms with Crippen molar-refractivity contribution in [2.24, 2.45) is 5.41 Å².